The van der Waals surface area contributed by atoms with Gasteiger partial charge in [-0.2, -0.15) is 0 Å². The van der Waals surface area contributed by atoms with E-state index in [0.717, 1.165) is 16.2 Å². The van der Waals surface area contributed by atoms with Gasteiger partial charge >= 0.3 is 0 Å². The Balaban J connectivity index is 2.34. The Morgan fingerprint density at radius 1 is 1.10 bits per heavy atom. The highest BCUT2D eigenvalue weighted by molar-refractivity contribution is 7.98. The molecule has 0 saturated carbocycles. The molecule has 0 aliphatic heterocycles. The van der Waals surface area contributed by atoms with Crippen molar-refractivity contribution in [3.05, 3.63) is 36.5 Å². The summed E-state index contributed by atoms with van der Waals surface area (Å²) in [6.07, 6.45) is 3.69. The van der Waals surface area contributed by atoms with Gasteiger partial charge in [-0.15, -0.1) is 0 Å². The third-order valence-corrected chi connectivity index (χ3v) is 3.84. The summed E-state index contributed by atoms with van der Waals surface area (Å²) in [6, 6.07) is 9.73. The Labute approximate surface area is 126 Å². The van der Waals surface area contributed by atoms with Crippen LogP contribution in [0.25, 0.3) is 16.9 Å². The molecular weight excluding hydrogens is 286 g/mol. The van der Waals surface area contributed by atoms with E-state index in [1.165, 1.54) is 0 Å². The number of fused-ring (bicyclic) bond motifs is 1. The lowest BCUT2D eigenvalue weighted by atomic mass is 10.3. The number of ether oxygens (including phenoxy) is 2. The van der Waals surface area contributed by atoms with Gasteiger partial charge in [-0.1, -0.05) is 23.9 Å². The van der Waals surface area contributed by atoms with E-state index in [9.17, 15) is 0 Å². The predicted octanol–water partition coefficient (Wildman–Crippen LogP) is 3.16. The molecule has 0 aliphatic carbocycles. The molecule has 0 aliphatic rings. The Morgan fingerprint density at radius 2 is 1.90 bits per heavy atom. The van der Waals surface area contributed by atoms with Crippen molar-refractivity contribution < 1.29 is 9.47 Å². The largest absolute Gasteiger partial charge is 0.493 e. The highest BCUT2D eigenvalue weighted by Gasteiger charge is 2.19. The number of nitrogens with zero attached hydrogens (tertiary/aromatic N) is 3. The van der Waals surface area contributed by atoms with Crippen molar-refractivity contribution in [1.82, 2.24) is 14.5 Å². The second kappa shape index (κ2) is 5.65. The van der Waals surface area contributed by atoms with Crippen LogP contribution < -0.4 is 9.47 Å². The van der Waals surface area contributed by atoms with Crippen LogP contribution in [-0.2, 0) is 0 Å². The highest BCUT2D eigenvalue weighted by atomic mass is 32.2. The lowest BCUT2D eigenvalue weighted by molar-refractivity contribution is 0.351. The molecule has 2 aromatic heterocycles. The Kier molecular flexibility index (Phi) is 3.70. The predicted molar refractivity (Wildman–Crippen MR) is 83.8 cm³/mol. The number of benzene rings is 1. The monoisotopic (exact) mass is 301 g/mol. The third kappa shape index (κ3) is 2.21. The molecule has 0 fully saturated rings. The quantitative estimate of drug-likeness (QED) is 0.693. The summed E-state index contributed by atoms with van der Waals surface area (Å²) in [4.78, 5) is 9.09. The fourth-order valence-electron chi connectivity index (χ4n) is 2.28. The molecular formula is C15H15N3O2S. The van der Waals surface area contributed by atoms with Gasteiger partial charge in [-0.05, 0) is 18.4 Å². The lowest BCUT2D eigenvalue weighted by Gasteiger charge is -2.13. The van der Waals surface area contributed by atoms with Crippen LogP contribution >= 0.6 is 11.8 Å². The van der Waals surface area contributed by atoms with Crippen LogP contribution in [0, 0.1) is 0 Å². The molecule has 0 atom stereocenters. The third-order valence-electron chi connectivity index (χ3n) is 3.20. The number of imidazole rings is 1. The second-order valence-corrected chi connectivity index (χ2v) is 5.07. The number of hydrogen-bond acceptors (Lipinski definition) is 5. The average Bonchev–Trinajstić information content (AvgIpc) is 2.92. The van der Waals surface area contributed by atoms with Gasteiger partial charge in [0.05, 0.1) is 25.3 Å². The normalized spacial score (nSPS) is 10.8. The number of pyridine rings is 1. The molecule has 2 heterocycles. The van der Waals surface area contributed by atoms with Gasteiger partial charge in [0.1, 0.15) is 0 Å². The molecule has 0 N–H and O–H groups in total. The van der Waals surface area contributed by atoms with Crippen LogP contribution in [-0.4, -0.2) is 35.0 Å². The lowest BCUT2D eigenvalue weighted by Crippen LogP contribution is -2.03. The summed E-state index contributed by atoms with van der Waals surface area (Å²) < 4.78 is 12.8. The minimum Gasteiger partial charge on any atom is -0.493 e. The second-order valence-electron chi connectivity index (χ2n) is 4.29. The van der Waals surface area contributed by atoms with E-state index >= 15 is 0 Å². The number of aromatic nitrogens is 3. The van der Waals surface area contributed by atoms with Crippen LogP contribution in [0.3, 0.4) is 0 Å². The molecule has 1 aromatic carbocycles. The highest BCUT2D eigenvalue weighted by Crippen LogP contribution is 2.35. The van der Waals surface area contributed by atoms with E-state index in [4.69, 9.17) is 9.47 Å². The minimum absolute atomic E-state index is 0.596. The summed E-state index contributed by atoms with van der Waals surface area (Å²) >= 11 is 1.56. The Bertz CT molecular complexity index is 786. The zero-order valence-electron chi connectivity index (χ0n) is 12.0. The zero-order valence-corrected chi connectivity index (χ0v) is 12.8. The topological polar surface area (TPSA) is 49.2 Å². The van der Waals surface area contributed by atoms with Crippen LogP contribution in [0.15, 0.2) is 41.7 Å². The first-order valence-electron chi connectivity index (χ1n) is 6.39. The van der Waals surface area contributed by atoms with E-state index in [-0.39, 0.29) is 0 Å². The van der Waals surface area contributed by atoms with Crippen molar-refractivity contribution in [2.75, 3.05) is 20.5 Å². The summed E-state index contributed by atoms with van der Waals surface area (Å²) in [5.74, 6) is 1.92. The molecule has 0 radical (unpaired) electrons. The van der Waals surface area contributed by atoms with Gasteiger partial charge in [0, 0.05) is 12.3 Å². The van der Waals surface area contributed by atoms with Crippen molar-refractivity contribution in [3.63, 3.8) is 0 Å². The summed E-state index contributed by atoms with van der Waals surface area (Å²) in [5, 5.41) is 0.857. The fourth-order valence-corrected chi connectivity index (χ4v) is 2.83. The first-order valence-corrected chi connectivity index (χ1v) is 7.61. The van der Waals surface area contributed by atoms with Crippen molar-refractivity contribution in [2.45, 2.75) is 5.16 Å². The van der Waals surface area contributed by atoms with Gasteiger partial charge in [-0.3, -0.25) is 4.57 Å². The molecule has 0 spiro atoms. The molecule has 3 aromatic rings. The van der Waals surface area contributed by atoms with Gasteiger partial charge in [0.2, 0.25) is 5.75 Å². The Hall–Kier alpha value is -2.21. The van der Waals surface area contributed by atoms with Crippen molar-refractivity contribution >= 4 is 22.8 Å². The molecule has 0 bridgehead atoms. The molecule has 5 nitrogen and oxygen atoms in total. The van der Waals surface area contributed by atoms with Crippen LogP contribution in [0.1, 0.15) is 0 Å². The van der Waals surface area contributed by atoms with Crippen molar-refractivity contribution in [3.8, 4) is 17.3 Å². The van der Waals surface area contributed by atoms with Crippen molar-refractivity contribution in [2.24, 2.45) is 0 Å². The number of hydrogen-bond donors (Lipinski definition) is 0. The SMILES string of the molecule is COc1ccnc(-n2c(SC)nc3ccccc32)c1OC. The minimum atomic E-state index is 0.596. The summed E-state index contributed by atoms with van der Waals surface area (Å²) in [6.45, 7) is 0. The molecule has 0 saturated heterocycles. The van der Waals surface area contributed by atoms with E-state index in [0.29, 0.717) is 17.3 Å². The molecule has 108 valence electrons. The first kappa shape index (κ1) is 13.8. The summed E-state index contributed by atoms with van der Waals surface area (Å²) in [7, 11) is 3.23. The molecule has 0 unspecified atom stereocenters. The van der Waals surface area contributed by atoms with E-state index in [1.54, 1.807) is 38.2 Å². The zero-order chi connectivity index (χ0) is 14.8. The summed E-state index contributed by atoms with van der Waals surface area (Å²) in [5.41, 5.74) is 1.91. The number of methoxy groups -OCH3 is 2. The molecule has 21 heavy (non-hydrogen) atoms. The maximum atomic E-state index is 5.49. The van der Waals surface area contributed by atoms with Gasteiger partial charge in [0.15, 0.2) is 16.7 Å². The van der Waals surface area contributed by atoms with E-state index in [2.05, 4.69) is 9.97 Å². The van der Waals surface area contributed by atoms with Crippen LogP contribution in [0.2, 0.25) is 0 Å². The van der Waals surface area contributed by atoms with Gasteiger partial charge < -0.3 is 9.47 Å². The van der Waals surface area contributed by atoms with Gasteiger partial charge in [-0.25, -0.2) is 9.97 Å². The smallest absolute Gasteiger partial charge is 0.204 e. The maximum absolute atomic E-state index is 5.49. The fraction of sp³-hybridized carbons (Fsp3) is 0.200. The molecule has 0 amide bonds. The van der Waals surface area contributed by atoms with E-state index in [1.807, 2.05) is 35.1 Å². The number of para-hydroxylation sites is 2. The van der Waals surface area contributed by atoms with E-state index < -0.39 is 0 Å². The number of rotatable bonds is 4. The standard InChI is InChI=1S/C15H15N3O2S/c1-19-12-8-9-16-14(13(12)20-2)18-11-7-5-4-6-10(11)17-15(18)21-3/h4-9H,1-3H3. The average molecular weight is 301 g/mol. The van der Waals surface area contributed by atoms with Gasteiger partial charge in [0.25, 0.3) is 0 Å². The Morgan fingerprint density at radius 3 is 2.62 bits per heavy atom. The van der Waals surface area contributed by atoms with Crippen LogP contribution in [0.5, 0.6) is 11.5 Å². The molecule has 6 heteroatoms. The molecule has 3 rings (SSSR count). The number of thioether (sulfide) groups is 1. The first-order chi connectivity index (χ1) is 10.3. The van der Waals surface area contributed by atoms with Crippen molar-refractivity contribution in [1.29, 1.82) is 0 Å². The van der Waals surface area contributed by atoms with Crippen LogP contribution in [0.4, 0.5) is 0 Å². The maximum Gasteiger partial charge on any atom is 0.204 e.